The number of esters is 1. The Bertz CT molecular complexity index is 1690. The molecule has 0 saturated carbocycles. The van der Waals surface area contributed by atoms with Crippen LogP contribution in [-0.2, 0) is 9.53 Å². The molecule has 0 saturated heterocycles. The van der Waals surface area contributed by atoms with Crippen molar-refractivity contribution in [2.45, 2.75) is 53.7 Å². The summed E-state index contributed by atoms with van der Waals surface area (Å²) in [5.41, 5.74) is 1.96. The number of rotatable bonds is 11. The fraction of sp³-hybridized carbons (Fsp3) is 0.387. The summed E-state index contributed by atoms with van der Waals surface area (Å²) in [6.07, 6.45) is 1.75. The molecule has 2 heterocycles. The van der Waals surface area contributed by atoms with Crippen molar-refractivity contribution in [3.8, 4) is 23.0 Å². The van der Waals surface area contributed by atoms with Gasteiger partial charge in [-0.2, -0.15) is 0 Å². The third-order valence-corrected chi connectivity index (χ3v) is 8.09. The summed E-state index contributed by atoms with van der Waals surface area (Å²) in [6, 6.07) is 8.45. The summed E-state index contributed by atoms with van der Waals surface area (Å²) in [6.45, 7) is 12.4. The van der Waals surface area contributed by atoms with Crippen molar-refractivity contribution in [2.24, 2.45) is 4.99 Å². The van der Waals surface area contributed by atoms with E-state index in [9.17, 15) is 9.59 Å². The van der Waals surface area contributed by atoms with Crippen molar-refractivity contribution < 1.29 is 28.5 Å². The average molecular weight is 707 g/mol. The van der Waals surface area contributed by atoms with Gasteiger partial charge in [0.05, 0.1) is 58.4 Å². The van der Waals surface area contributed by atoms with E-state index in [4.69, 9.17) is 23.7 Å². The van der Waals surface area contributed by atoms with Gasteiger partial charge in [-0.1, -0.05) is 17.4 Å². The van der Waals surface area contributed by atoms with Crippen molar-refractivity contribution in [3.63, 3.8) is 0 Å². The molecule has 3 aromatic rings. The number of hydrogen-bond donors (Lipinski definition) is 0. The third-order valence-electron chi connectivity index (χ3n) is 6.30. The highest BCUT2D eigenvalue weighted by molar-refractivity contribution is 14.1. The number of aromatic nitrogens is 1. The highest BCUT2D eigenvalue weighted by Crippen LogP contribution is 2.37. The van der Waals surface area contributed by atoms with Crippen molar-refractivity contribution in [1.82, 2.24) is 4.57 Å². The Hall–Kier alpha value is -3.32. The molecule has 1 aliphatic heterocycles. The third kappa shape index (κ3) is 6.51. The van der Waals surface area contributed by atoms with Crippen molar-refractivity contribution in [1.29, 1.82) is 0 Å². The Morgan fingerprint density at radius 3 is 2.45 bits per heavy atom. The van der Waals surface area contributed by atoms with Gasteiger partial charge in [0.25, 0.3) is 5.56 Å². The van der Waals surface area contributed by atoms with Gasteiger partial charge in [0, 0.05) is 0 Å². The standard InChI is InChI=1S/C31H35IN2O7S/c1-8-38-24-14-19(13-21(32)28(24)39-9-2)15-25-29(35)34-27(20-11-12-22(41-17(4)5)23(16-20)37-7)26(30(36)40-10-3)18(6)33-31(34)42-25/h11-17,27H,8-10H2,1-7H3/b25-15+/t27-/m0/s1. The maximum absolute atomic E-state index is 14.1. The minimum atomic E-state index is -0.774. The molecule has 0 N–H and O–H groups in total. The van der Waals surface area contributed by atoms with Gasteiger partial charge in [0.15, 0.2) is 27.8 Å². The van der Waals surface area contributed by atoms with Crippen molar-refractivity contribution >= 4 is 46.0 Å². The van der Waals surface area contributed by atoms with E-state index >= 15 is 0 Å². The van der Waals surface area contributed by atoms with E-state index in [0.717, 1.165) is 9.13 Å². The SMILES string of the molecule is CCOC(=O)C1=C(C)N=c2s/c(=C/c3cc(I)c(OCC)c(OCC)c3)c(=O)n2[C@H]1c1ccc(OC(C)C)c(OC)c1. The minimum Gasteiger partial charge on any atom is -0.493 e. The van der Waals surface area contributed by atoms with Gasteiger partial charge in [-0.3, -0.25) is 9.36 Å². The molecule has 0 bridgehead atoms. The summed E-state index contributed by atoms with van der Waals surface area (Å²) in [4.78, 5) is 32.5. The Morgan fingerprint density at radius 2 is 1.81 bits per heavy atom. The molecule has 9 nitrogen and oxygen atoms in total. The first-order chi connectivity index (χ1) is 20.1. The Morgan fingerprint density at radius 1 is 1.07 bits per heavy atom. The van der Waals surface area contributed by atoms with Crippen LogP contribution < -0.4 is 33.8 Å². The van der Waals surface area contributed by atoms with E-state index in [0.29, 0.717) is 62.4 Å². The highest BCUT2D eigenvalue weighted by Gasteiger charge is 2.34. The first kappa shape index (κ1) is 31.6. The topological polar surface area (TPSA) is 97.6 Å². The highest BCUT2D eigenvalue weighted by atomic mass is 127. The molecule has 1 atom stereocenters. The molecule has 0 fully saturated rings. The molecular weight excluding hydrogens is 671 g/mol. The van der Waals surface area contributed by atoms with E-state index in [-0.39, 0.29) is 18.3 Å². The van der Waals surface area contributed by atoms with Gasteiger partial charge >= 0.3 is 5.97 Å². The van der Waals surface area contributed by atoms with Crippen LogP contribution in [0.25, 0.3) is 6.08 Å². The van der Waals surface area contributed by atoms with Gasteiger partial charge in [-0.25, -0.2) is 9.79 Å². The number of hydrogen-bond acceptors (Lipinski definition) is 9. The molecule has 0 unspecified atom stereocenters. The van der Waals surface area contributed by atoms with Crippen molar-refractivity contribution in [3.05, 3.63) is 76.0 Å². The first-order valence-electron chi connectivity index (χ1n) is 13.8. The van der Waals surface area contributed by atoms with Gasteiger partial charge in [0.2, 0.25) is 0 Å². The zero-order chi connectivity index (χ0) is 30.6. The number of carbonyl (C=O) groups is 1. The number of benzene rings is 2. The Kier molecular flexibility index (Phi) is 10.4. The number of ether oxygens (including phenoxy) is 5. The molecule has 1 aromatic heterocycles. The number of thiazole rings is 1. The lowest BCUT2D eigenvalue weighted by atomic mass is 9.95. The summed E-state index contributed by atoms with van der Waals surface area (Å²) < 4.78 is 31.5. The van der Waals surface area contributed by atoms with Crippen LogP contribution in [0.4, 0.5) is 0 Å². The minimum absolute atomic E-state index is 0.0615. The lowest BCUT2D eigenvalue weighted by molar-refractivity contribution is -0.139. The number of allylic oxidation sites excluding steroid dienone is 1. The van der Waals surface area contributed by atoms with Crippen LogP contribution >= 0.6 is 33.9 Å². The molecule has 224 valence electrons. The molecule has 4 rings (SSSR count). The zero-order valence-corrected chi connectivity index (χ0v) is 27.8. The molecule has 0 aliphatic carbocycles. The number of nitrogens with zero attached hydrogens (tertiary/aromatic N) is 2. The predicted octanol–water partition coefficient (Wildman–Crippen LogP) is 5.00. The quantitative estimate of drug-likeness (QED) is 0.205. The molecular formula is C31H35IN2O7S. The zero-order valence-electron chi connectivity index (χ0n) is 24.8. The van der Waals surface area contributed by atoms with Crippen LogP contribution in [0.1, 0.15) is 58.7 Å². The maximum Gasteiger partial charge on any atom is 0.338 e. The molecule has 0 amide bonds. The number of fused-ring (bicyclic) bond motifs is 1. The smallest absolute Gasteiger partial charge is 0.338 e. The van der Waals surface area contributed by atoms with Crippen molar-refractivity contribution in [2.75, 3.05) is 26.9 Å². The number of halogens is 1. The Labute approximate surface area is 262 Å². The lowest BCUT2D eigenvalue weighted by Crippen LogP contribution is -2.40. The van der Waals surface area contributed by atoms with Crippen LogP contribution in [-0.4, -0.2) is 43.6 Å². The largest absolute Gasteiger partial charge is 0.493 e. The average Bonchev–Trinajstić information content (AvgIpc) is 3.24. The van der Waals surface area contributed by atoms with Crippen LogP contribution in [0.3, 0.4) is 0 Å². The predicted molar refractivity (Wildman–Crippen MR) is 171 cm³/mol. The lowest BCUT2D eigenvalue weighted by Gasteiger charge is -2.25. The summed E-state index contributed by atoms with van der Waals surface area (Å²) in [5, 5.41) is 0. The van der Waals surface area contributed by atoms with E-state index in [2.05, 4.69) is 27.6 Å². The number of carbonyl (C=O) groups excluding carboxylic acids is 1. The number of methoxy groups -OCH3 is 1. The van der Waals surface area contributed by atoms with Gasteiger partial charge in [-0.05, 0) is 106 Å². The molecule has 2 aromatic carbocycles. The normalized spacial score (nSPS) is 14.9. The van der Waals surface area contributed by atoms with Gasteiger partial charge < -0.3 is 23.7 Å². The van der Waals surface area contributed by atoms with E-state index < -0.39 is 12.0 Å². The fourth-order valence-corrected chi connectivity index (χ4v) is 6.51. The summed E-state index contributed by atoms with van der Waals surface area (Å²) in [5.74, 6) is 1.82. The van der Waals surface area contributed by atoms with Gasteiger partial charge in [-0.15, -0.1) is 0 Å². The second-order valence-electron chi connectivity index (χ2n) is 9.58. The van der Waals surface area contributed by atoms with Crippen LogP contribution in [0.5, 0.6) is 23.0 Å². The van der Waals surface area contributed by atoms with Crippen LogP contribution in [0.15, 0.2) is 51.4 Å². The molecule has 0 spiro atoms. The van der Waals surface area contributed by atoms with Crippen LogP contribution in [0.2, 0.25) is 0 Å². The summed E-state index contributed by atoms with van der Waals surface area (Å²) in [7, 11) is 1.56. The monoisotopic (exact) mass is 706 g/mol. The second kappa shape index (κ2) is 13.8. The Balaban J connectivity index is 1.93. The summed E-state index contributed by atoms with van der Waals surface area (Å²) >= 11 is 3.47. The maximum atomic E-state index is 14.1. The van der Waals surface area contributed by atoms with E-state index in [1.54, 1.807) is 37.7 Å². The molecule has 11 heteroatoms. The molecule has 42 heavy (non-hydrogen) atoms. The van der Waals surface area contributed by atoms with Crippen LogP contribution in [0, 0.1) is 3.57 Å². The van der Waals surface area contributed by atoms with E-state index in [1.165, 1.54) is 11.3 Å². The first-order valence-corrected chi connectivity index (χ1v) is 15.7. The fourth-order valence-electron chi connectivity index (χ4n) is 4.68. The van der Waals surface area contributed by atoms with E-state index in [1.807, 2.05) is 52.0 Å². The molecule has 0 radical (unpaired) electrons. The molecule has 1 aliphatic rings. The van der Waals surface area contributed by atoms with Gasteiger partial charge in [0.1, 0.15) is 0 Å². The second-order valence-corrected chi connectivity index (χ2v) is 11.7.